The van der Waals surface area contributed by atoms with Crippen molar-refractivity contribution in [3.8, 4) is 0 Å². The van der Waals surface area contributed by atoms with Crippen LogP contribution in [0.15, 0.2) is 42.5 Å². The summed E-state index contributed by atoms with van der Waals surface area (Å²) in [5.74, 6) is -0.423. The van der Waals surface area contributed by atoms with Crippen LogP contribution in [0.5, 0.6) is 0 Å². The van der Waals surface area contributed by atoms with Crippen molar-refractivity contribution in [2.24, 2.45) is 0 Å². The third-order valence-electron chi connectivity index (χ3n) is 5.55. The molecule has 2 aromatic carbocycles. The highest BCUT2D eigenvalue weighted by Crippen LogP contribution is 2.32. The Morgan fingerprint density at radius 1 is 1.09 bits per heavy atom. The minimum Gasteiger partial charge on any atom is -0.350 e. The number of benzene rings is 2. The topological polar surface area (TPSA) is 69.7 Å². The Hall–Kier alpha value is -1.80. The molecule has 1 aliphatic rings. The average Bonchev–Trinajstić information content (AvgIpc) is 2.74. The molecule has 0 aromatic heterocycles. The lowest BCUT2D eigenvalue weighted by molar-refractivity contribution is -0.122. The van der Waals surface area contributed by atoms with E-state index < -0.39 is 22.0 Å². The van der Waals surface area contributed by atoms with E-state index in [2.05, 4.69) is 22.3 Å². The van der Waals surface area contributed by atoms with Crippen LogP contribution in [0.1, 0.15) is 37.3 Å². The van der Waals surface area contributed by atoms with Gasteiger partial charge < -0.3 is 5.32 Å². The molecule has 1 atom stereocenters. The van der Waals surface area contributed by atoms with Crippen molar-refractivity contribution in [1.29, 1.82) is 0 Å². The number of amides is 1. The Kier molecular flexibility index (Phi) is 8.44. The van der Waals surface area contributed by atoms with E-state index >= 15 is 0 Å². The molecular weight excluding hydrogens is 469 g/mol. The second-order valence-corrected chi connectivity index (χ2v) is 10.9. The zero-order valence-electron chi connectivity index (χ0n) is 18.4. The predicted octanol–water partition coefficient (Wildman–Crippen LogP) is 4.45. The lowest BCUT2D eigenvalue weighted by Gasteiger charge is -2.29. The summed E-state index contributed by atoms with van der Waals surface area (Å²) >= 11 is 12.3. The summed E-state index contributed by atoms with van der Waals surface area (Å²) in [6.07, 6.45) is 4.81. The lowest BCUT2D eigenvalue weighted by atomic mass is 10.1. The second-order valence-electron chi connectivity index (χ2n) is 8.21. The quantitative estimate of drug-likeness (QED) is 0.584. The predicted molar refractivity (Wildman–Crippen MR) is 131 cm³/mol. The van der Waals surface area contributed by atoms with Crippen LogP contribution in [0.4, 0.5) is 5.69 Å². The molecule has 0 bridgehead atoms. The Morgan fingerprint density at radius 3 is 2.47 bits per heavy atom. The molecule has 174 valence electrons. The van der Waals surface area contributed by atoms with Crippen molar-refractivity contribution >= 4 is 44.8 Å². The number of nitrogens with zero attached hydrogens (tertiary/aromatic N) is 2. The average molecular weight is 498 g/mol. The van der Waals surface area contributed by atoms with Gasteiger partial charge in [0.15, 0.2) is 0 Å². The highest BCUT2D eigenvalue weighted by atomic mass is 35.5. The summed E-state index contributed by atoms with van der Waals surface area (Å²) in [4.78, 5) is 15.3. The minimum atomic E-state index is -3.78. The van der Waals surface area contributed by atoms with Crippen LogP contribution in [0.3, 0.4) is 0 Å². The van der Waals surface area contributed by atoms with Crippen molar-refractivity contribution in [3.05, 3.63) is 63.6 Å². The van der Waals surface area contributed by atoms with Gasteiger partial charge in [-0.05, 0) is 62.2 Å². The van der Waals surface area contributed by atoms with Crippen LogP contribution in [0, 0.1) is 0 Å². The fourth-order valence-corrected chi connectivity index (χ4v) is 5.59. The highest BCUT2D eigenvalue weighted by molar-refractivity contribution is 7.92. The molecule has 0 aliphatic carbocycles. The van der Waals surface area contributed by atoms with Crippen LogP contribution in [-0.4, -0.2) is 44.6 Å². The van der Waals surface area contributed by atoms with Crippen molar-refractivity contribution in [1.82, 2.24) is 10.2 Å². The molecule has 32 heavy (non-hydrogen) atoms. The summed E-state index contributed by atoms with van der Waals surface area (Å²) in [7, 11) is -3.78. The minimum absolute atomic E-state index is 0.174. The molecule has 1 heterocycles. The molecule has 1 saturated heterocycles. The molecule has 0 saturated carbocycles. The van der Waals surface area contributed by atoms with Gasteiger partial charge in [0, 0.05) is 18.1 Å². The van der Waals surface area contributed by atoms with E-state index in [1.54, 1.807) is 6.07 Å². The van der Waals surface area contributed by atoms with Gasteiger partial charge in [0.2, 0.25) is 15.9 Å². The molecule has 9 heteroatoms. The molecule has 6 nitrogen and oxygen atoms in total. The third kappa shape index (κ3) is 6.61. The number of anilines is 1. The Balaban J connectivity index is 1.69. The molecule has 1 N–H and O–H groups in total. The Morgan fingerprint density at radius 2 is 1.78 bits per heavy atom. The molecule has 1 aliphatic heterocycles. The fourth-order valence-electron chi connectivity index (χ4n) is 3.99. The number of likely N-dealkylation sites (tertiary alicyclic amines) is 1. The smallest absolute Gasteiger partial charge is 0.243 e. The summed E-state index contributed by atoms with van der Waals surface area (Å²) in [5.41, 5.74) is 2.34. The molecule has 1 amide bonds. The van der Waals surface area contributed by atoms with E-state index in [4.69, 9.17) is 23.2 Å². The van der Waals surface area contributed by atoms with E-state index in [9.17, 15) is 13.2 Å². The summed E-state index contributed by atoms with van der Waals surface area (Å²) in [6, 6.07) is 11.6. The van der Waals surface area contributed by atoms with Crippen molar-refractivity contribution in [2.45, 2.75) is 45.3 Å². The standard InChI is InChI=1S/C23H29Cl2N3O3S/c1-17(28(32(2,30)31)22-14-20(24)9-10-21(22)25)23(29)26-15-18-7-6-8-19(13-18)16-27-11-4-3-5-12-27/h6-10,13-14,17H,3-5,11-12,15-16H2,1-2H3,(H,26,29)/t17-/m1/s1. The first-order valence-electron chi connectivity index (χ1n) is 10.7. The maximum atomic E-state index is 12.9. The van der Waals surface area contributed by atoms with E-state index in [1.807, 2.05) is 12.1 Å². The van der Waals surface area contributed by atoms with Crippen LogP contribution in [-0.2, 0) is 27.9 Å². The van der Waals surface area contributed by atoms with E-state index in [0.717, 1.165) is 35.8 Å². The van der Waals surface area contributed by atoms with Gasteiger partial charge in [-0.3, -0.25) is 14.0 Å². The van der Waals surface area contributed by atoms with Crippen LogP contribution >= 0.6 is 23.2 Å². The summed E-state index contributed by atoms with van der Waals surface area (Å²) in [6.45, 7) is 4.96. The second kappa shape index (κ2) is 10.9. The monoisotopic (exact) mass is 497 g/mol. The van der Waals surface area contributed by atoms with Crippen LogP contribution in [0.2, 0.25) is 10.0 Å². The normalized spacial score (nSPS) is 15.9. The number of hydrogen-bond acceptors (Lipinski definition) is 4. The van der Waals surface area contributed by atoms with Crippen molar-refractivity contribution < 1.29 is 13.2 Å². The number of carbonyl (C=O) groups is 1. The van der Waals surface area contributed by atoms with Gasteiger partial charge in [0.05, 0.1) is 17.0 Å². The first kappa shape index (κ1) is 24.8. The van der Waals surface area contributed by atoms with Gasteiger partial charge in [-0.1, -0.05) is 53.9 Å². The molecule has 0 radical (unpaired) electrons. The molecule has 0 unspecified atom stereocenters. The van der Waals surface area contributed by atoms with E-state index in [-0.39, 0.29) is 10.7 Å². The molecule has 3 rings (SSSR count). The molecule has 0 spiro atoms. The van der Waals surface area contributed by atoms with Crippen LogP contribution in [0.25, 0.3) is 0 Å². The maximum Gasteiger partial charge on any atom is 0.243 e. The fraction of sp³-hybridized carbons (Fsp3) is 0.435. The SMILES string of the molecule is C[C@H](C(=O)NCc1cccc(CN2CCCCC2)c1)N(c1cc(Cl)ccc1Cl)S(C)(=O)=O. The summed E-state index contributed by atoms with van der Waals surface area (Å²) in [5, 5.41) is 3.38. The highest BCUT2D eigenvalue weighted by Gasteiger charge is 2.30. The van der Waals surface area contributed by atoms with Gasteiger partial charge in [0.1, 0.15) is 6.04 Å². The zero-order valence-corrected chi connectivity index (χ0v) is 20.7. The third-order valence-corrected chi connectivity index (χ3v) is 7.33. The van der Waals surface area contributed by atoms with Gasteiger partial charge in [-0.2, -0.15) is 0 Å². The number of carbonyl (C=O) groups excluding carboxylic acids is 1. The first-order valence-corrected chi connectivity index (χ1v) is 13.3. The first-order chi connectivity index (χ1) is 15.1. The summed E-state index contributed by atoms with van der Waals surface area (Å²) < 4.78 is 26.0. The van der Waals surface area contributed by atoms with E-state index in [0.29, 0.717) is 11.6 Å². The van der Waals surface area contributed by atoms with Gasteiger partial charge in [-0.15, -0.1) is 0 Å². The molecule has 1 fully saturated rings. The molecular formula is C23H29Cl2N3O3S. The zero-order chi connectivity index (χ0) is 23.3. The largest absolute Gasteiger partial charge is 0.350 e. The maximum absolute atomic E-state index is 12.9. The van der Waals surface area contributed by atoms with Crippen molar-refractivity contribution in [3.63, 3.8) is 0 Å². The van der Waals surface area contributed by atoms with Gasteiger partial charge in [0.25, 0.3) is 0 Å². The lowest BCUT2D eigenvalue weighted by Crippen LogP contribution is -2.47. The Labute approximate surface area is 200 Å². The number of piperidine rings is 1. The number of sulfonamides is 1. The van der Waals surface area contributed by atoms with Crippen LogP contribution < -0.4 is 9.62 Å². The molecule has 2 aromatic rings. The van der Waals surface area contributed by atoms with Gasteiger partial charge >= 0.3 is 0 Å². The van der Waals surface area contributed by atoms with Crippen molar-refractivity contribution in [2.75, 3.05) is 23.7 Å². The van der Waals surface area contributed by atoms with E-state index in [1.165, 1.54) is 43.9 Å². The number of halogens is 2. The number of nitrogens with one attached hydrogen (secondary N) is 1. The van der Waals surface area contributed by atoms with Gasteiger partial charge in [-0.25, -0.2) is 8.42 Å². The Bertz CT molecular complexity index is 1060. The number of rotatable bonds is 8. The number of hydrogen-bond donors (Lipinski definition) is 1.